The van der Waals surface area contributed by atoms with Gasteiger partial charge in [0.15, 0.2) is 0 Å². The molecule has 0 saturated carbocycles. The van der Waals surface area contributed by atoms with Gasteiger partial charge in [0.25, 0.3) is 0 Å². The van der Waals surface area contributed by atoms with E-state index in [-0.39, 0.29) is 5.60 Å². The molecule has 0 amide bonds. The second-order valence-electron chi connectivity index (χ2n) is 4.30. The molecule has 0 saturated heterocycles. The molecular weight excluding hydrogens is 198 g/mol. The minimum atomic E-state index is -0.0900. The van der Waals surface area contributed by atoms with E-state index in [1.54, 1.807) is 6.07 Å². The van der Waals surface area contributed by atoms with Crippen molar-refractivity contribution in [3.8, 4) is 5.75 Å². The Morgan fingerprint density at radius 2 is 2.14 bits per heavy atom. The highest BCUT2D eigenvalue weighted by Crippen LogP contribution is 2.38. The largest absolute Gasteiger partial charge is 0.487 e. The number of anilines is 1. The van der Waals surface area contributed by atoms with Crippen molar-refractivity contribution < 1.29 is 4.74 Å². The summed E-state index contributed by atoms with van der Waals surface area (Å²) in [5, 5.41) is 0.618. The number of benzene rings is 1. The van der Waals surface area contributed by atoms with E-state index in [4.69, 9.17) is 22.1 Å². The lowest BCUT2D eigenvalue weighted by Crippen LogP contribution is -2.32. The molecule has 1 aliphatic rings. The van der Waals surface area contributed by atoms with Crippen molar-refractivity contribution in [2.24, 2.45) is 0 Å². The molecular formula is C11H14ClNO. The number of halogens is 1. The Bertz CT molecular complexity index is 374. The third kappa shape index (κ3) is 1.55. The highest BCUT2D eigenvalue weighted by atomic mass is 35.5. The van der Waals surface area contributed by atoms with E-state index in [1.807, 2.05) is 6.07 Å². The maximum absolute atomic E-state index is 5.94. The van der Waals surface area contributed by atoms with Gasteiger partial charge in [-0.2, -0.15) is 0 Å². The molecule has 2 nitrogen and oxygen atoms in total. The fourth-order valence-electron chi connectivity index (χ4n) is 1.74. The molecule has 0 unspecified atom stereocenters. The van der Waals surface area contributed by atoms with Crippen molar-refractivity contribution in [3.63, 3.8) is 0 Å². The van der Waals surface area contributed by atoms with Gasteiger partial charge in [-0.15, -0.1) is 0 Å². The second-order valence-corrected chi connectivity index (χ2v) is 4.71. The van der Waals surface area contributed by atoms with E-state index < -0.39 is 0 Å². The summed E-state index contributed by atoms with van der Waals surface area (Å²) < 4.78 is 5.82. The summed E-state index contributed by atoms with van der Waals surface area (Å²) in [4.78, 5) is 0. The van der Waals surface area contributed by atoms with Gasteiger partial charge in [-0.1, -0.05) is 11.6 Å². The molecule has 1 aromatic carbocycles. The normalized spacial score (nSPS) is 18.5. The maximum atomic E-state index is 5.94. The van der Waals surface area contributed by atoms with Gasteiger partial charge in [-0.05, 0) is 38.8 Å². The minimum Gasteiger partial charge on any atom is -0.487 e. The molecule has 0 bridgehead atoms. The first kappa shape index (κ1) is 9.66. The lowest BCUT2D eigenvalue weighted by Gasteiger charge is -2.33. The summed E-state index contributed by atoms with van der Waals surface area (Å²) >= 11 is 5.94. The predicted molar refractivity (Wildman–Crippen MR) is 58.9 cm³/mol. The third-order valence-corrected chi connectivity index (χ3v) is 2.95. The summed E-state index contributed by atoms with van der Waals surface area (Å²) in [6.45, 7) is 4.17. The average molecular weight is 212 g/mol. The van der Waals surface area contributed by atoms with Crippen molar-refractivity contribution in [2.45, 2.75) is 32.3 Å². The van der Waals surface area contributed by atoms with Gasteiger partial charge in [0, 0.05) is 5.56 Å². The monoisotopic (exact) mass is 211 g/mol. The van der Waals surface area contributed by atoms with Gasteiger partial charge < -0.3 is 10.5 Å². The molecule has 0 radical (unpaired) electrons. The molecule has 1 aromatic rings. The number of ether oxygens (including phenoxy) is 1. The molecule has 0 spiro atoms. The van der Waals surface area contributed by atoms with E-state index in [9.17, 15) is 0 Å². The standard InChI is InChI=1S/C11H14ClNO/c1-11(2)6-5-7-9(14-11)4-3-8(12)10(7)13/h3-4H,5-6,13H2,1-2H3. The zero-order chi connectivity index (χ0) is 10.3. The molecule has 0 aromatic heterocycles. The van der Waals surface area contributed by atoms with Crippen molar-refractivity contribution in [2.75, 3.05) is 5.73 Å². The molecule has 0 atom stereocenters. The van der Waals surface area contributed by atoms with Crippen LogP contribution in [0, 0.1) is 0 Å². The first-order chi connectivity index (χ1) is 6.49. The molecule has 14 heavy (non-hydrogen) atoms. The van der Waals surface area contributed by atoms with Crippen molar-refractivity contribution in [3.05, 3.63) is 22.7 Å². The van der Waals surface area contributed by atoms with E-state index in [2.05, 4.69) is 13.8 Å². The summed E-state index contributed by atoms with van der Waals surface area (Å²) in [6.07, 6.45) is 1.92. The third-order valence-electron chi connectivity index (χ3n) is 2.62. The average Bonchev–Trinajstić information content (AvgIpc) is 2.10. The van der Waals surface area contributed by atoms with Crippen LogP contribution in [0.4, 0.5) is 5.69 Å². The molecule has 0 aliphatic carbocycles. The number of nitrogens with two attached hydrogens (primary N) is 1. The van der Waals surface area contributed by atoms with Gasteiger partial charge in [0.2, 0.25) is 0 Å². The van der Waals surface area contributed by atoms with Gasteiger partial charge in [0.05, 0.1) is 10.7 Å². The van der Waals surface area contributed by atoms with E-state index in [0.717, 1.165) is 24.2 Å². The van der Waals surface area contributed by atoms with Gasteiger partial charge in [-0.25, -0.2) is 0 Å². The molecule has 1 aliphatic heterocycles. The Balaban J connectivity index is 2.46. The van der Waals surface area contributed by atoms with Gasteiger partial charge >= 0.3 is 0 Å². The second kappa shape index (κ2) is 3.06. The maximum Gasteiger partial charge on any atom is 0.125 e. The molecule has 2 N–H and O–H groups in total. The van der Waals surface area contributed by atoms with Crippen LogP contribution in [0.5, 0.6) is 5.75 Å². The topological polar surface area (TPSA) is 35.2 Å². The first-order valence-corrected chi connectivity index (χ1v) is 5.13. The van der Waals surface area contributed by atoms with E-state index in [0.29, 0.717) is 10.7 Å². The van der Waals surface area contributed by atoms with Crippen LogP contribution >= 0.6 is 11.6 Å². The Kier molecular flexibility index (Phi) is 2.11. The minimum absolute atomic E-state index is 0.0900. The van der Waals surface area contributed by atoms with E-state index >= 15 is 0 Å². The smallest absolute Gasteiger partial charge is 0.125 e. The van der Waals surface area contributed by atoms with Crippen LogP contribution in [-0.4, -0.2) is 5.60 Å². The SMILES string of the molecule is CC1(C)CCc2c(ccc(Cl)c2N)O1. The van der Waals surface area contributed by atoms with Crippen LogP contribution in [0.15, 0.2) is 12.1 Å². The summed E-state index contributed by atoms with van der Waals surface area (Å²) in [7, 11) is 0. The fraction of sp³-hybridized carbons (Fsp3) is 0.455. The highest BCUT2D eigenvalue weighted by molar-refractivity contribution is 6.33. The van der Waals surface area contributed by atoms with Crippen LogP contribution in [0.25, 0.3) is 0 Å². The Labute approximate surface area is 89.0 Å². The van der Waals surface area contributed by atoms with Crippen LogP contribution in [0.2, 0.25) is 5.02 Å². The first-order valence-electron chi connectivity index (χ1n) is 4.75. The van der Waals surface area contributed by atoms with Crippen LogP contribution in [0.3, 0.4) is 0 Å². The predicted octanol–water partition coefficient (Wildman–Crippen LogP) is 3.03. The van der Waals surface area contributed by atoms with Crippen molar-refractivity contribution in [1.82, 2.24) is 0 Å². The Morgan fingerprint density at radius 3 is 2.86 bits per heavy atom. The molecule has 2 rings (SSSR count). The van der Waals surface area contributed by atoms with Crippen molar-refractivity contribution >= 4 is 17.3 Å². The van der Waals surface area contributed by atoms with Gasteiger partial charge in [-0.3, -0.25) is 0 Å². The summed E-state index contributed by atoms with van der Waals surface area (Å²) in [6, 6.07) is 3.69. The number of hydrogen-bond acceptors (Lipinski definition) is 2. The van der Waals surface area contributed by atoms with Crippen LogP contribution in [-0.2, 0) is 6.42 Å². The fourth-order valence-corrected chi connectivity index (χ4v) is 1.92. The highest BCUT2D eigenvalue weighted by Gasteiger charge is 2.27. The zero-order valence-electron chi connectivity index (χ0n) is 8.43. The van der Waals surface area contributed by atoms with Crippen LogP contribution < -0.4 is 10.5 Å². The van der Waals surface area contributed by atoms with E-state index in [1.165, 1.54) is 0 Å². The molecule has 76 valence electrons. The zero-order valence-corrected chi connectivity index (χ0v) is 9.19. The Morgan fingerprint density at radius 1 is 1.43 bits per heavy atom. The molecule has 1 heterocycles. The number of nitrogen functional groups attached to an aromatic ring is 1. The molecule has 3 heteroatoms. The summed E-state index contributed by atoms with van der Waals surface area (Å²) in [5.41, 5.74) is 7.51. The van der Waals surface area contributed by atoms with Crippen LogP contribution in [0.1, 0.15) is 25.8 Å². The lowest BCUT2D eigenvalue weighted by molar-refractivity contribution is 0.0850. The number of fused-ring (bicyclic) bond motifs is 1. The lowest BCUT2D eigenvalue weighted by atomic mass is 9.93. The Hall–Kier alpha value is -0.890. The quantitative estimate of drug-likeness (QED) is 0.670. The molecule has 0 fully saturated rings. The summed E-state index contributed by atoms with van der Waals surface area (Å²) in [5.74, 6) is 0.878. The van der Waals surface area contributed by atoms with Gasteiger partial charge in [0.1, 0.15) is 11.4 Å². The number of rotatable bonds is 0. The van der Waals surface area contributed by atoms with Crippen molar-refractivity contribution in [1.29, 1.82) is 0 Å². The number of hydrogen-bond donors (Lipinski definition) is 1.